The SMILES string of the molecule is CCC(O)C(C)C1OC1CC/C=C/C=C(\C)C1OC(=O)CC(O)CCC(C)(O)C(OC(C)=O)/C=C\C1C. The van der Waals surface area contributed by atoms with Gasteiger partial charge >= 0.3 is 11.9 Å². The molecular formula is C29H46O8. The Balaban J connectivity index is 2.07. The maximum atomic E-state index is 12.5. The molecule has 2 aliphatic heterocycles. The Morgan fingerprint density at radius 2 is 2.03 bits per heavy atom. The molecule has 8 nitrogen and oxygen atoms in total. The second-order valence-electron chi connectivity index (χ2n) is 10.8. The molecule has 37 heavy (non-hydrogen) atoms. The fourth-order valence-corrected chi connectivity index (χ4v) is 4.74. The Morgan fingerprint density at radius 3 is 2.68 bits per heavy atom. The van der Waals surface area contributed by atoms with Crippen molar-refractivity contribution in [3.05, 3.63) is 36.0 Å². The average molecular weight is 523 g/mol. The number of hydrogen-bond acceptors (Lipinski definition) is 8. The number of carbonyl (C=O) groups excluding carboxylic acids is 2. The molecule has 0 aromatic rings. The van der Waals surface area contributed by atoms with Crippen molar-refractivity contribution in [1.29, 1.82) is 0 Å². The van der Waals surface area contributed by atoms with Gasteiger partial charge in [-0.25, -0.2) is 0 Å². The van der Waals surface area contributed by atoms with E-state index >= 15 is 0 Å². The van der Waals surface area contributed by atoms with E-state index in [1.54, 1.807) is 19.1 Å². The molecular weight excluding hydrogens is 476 g/mol. The lowest BCUT2D eigenvalue weighted by Gasteiger charge is -2.32. The van der Waals surface area contributed by atoms with Gasteiger partial charge in [0.25, 0.3) is 0 Å². The number of rotatable bonds is 9. The monoisotopic (exact) mass is 522 g/mol. The number of esters is 2. The molecule has 9 atom stereocenters. The van der Waals surface area contributed by atoms with Crippen LogP contribution in [0.5, 0.6) is 0 Å². The highest BCUT2D eigenvalue weighted by Crippen LogP contribution is 2.35. The summed E-state index contributed by atoms with van der Waals surface area (Å²) in [5.74, 6) is -1.16. The van der Waals surface area contributed by atoms with Gasteiger partial charge in [-0.05, 0) is 57.6 Å². The summed E-state index contributed by atoms with van der Waals surface area (Å²) < 4.78 is 16.8. The first-order chi connectivity index (χ1) is 17.4. The maximum absolute atomic E-state index is 12.5. The minimum absolute atomic E-state index is 0.121. The molecule has 2 rings (SSSR count). The van der Waals surface area contributed by atoms with Crippen LogP contribution >= 0.6 is 0 Å². The van der Waals surface area contributed by atoms with Gasteiger partial charge in [0.2, 0.25) is 0 Å². The quantitative estimate of drug-likeness (QED) is 0.181. The van der Waals surface area contributed by atoms with Gasteiger partial charge in [0.1, 0.15) is 17.8 Å². The molecule has 2 aliphatic rings. The molecule has 210 valence electrons. The fourth-order valence-electron chi connectivity index (χ4n) is 4.74. The summed E-state index contributed by atoms with van der Waals surface area (Å²) in [5, 5.41) is 31.2. The van der Waals surface area contributed by atoms with Crippen molar-refractivity contribution >= 4 is 11.9 Å². The molecule has 1 saturated heterocycles. The number of aliphatic hydroxyl groups is 3. The number of carbonyl (C=O) groups is 2. The van der Waals surface area contributed by atoms with Gasteiger partial charge in [-0.2, -0.15) is 0 Å². The van der Waals surface area contributed by atoms with Gasteiger partial charge in [0.15, 0.2) is 0 Å². The summed E-state index contributed by atoms with van der Waals surface area (Å²) in [6.45, 7) is 10.6. The van der Waals surface area contributed by atoms with E-state index in [4.69, 9.17) is 14.2 Å². The van der Waals surface area contributed by atoms with Gasteiger partial charge in [-0.3, -0.25) is 9.59 Å². The molecule has 0 amide bonds. The van der Waals surface area contributed by atoms with E-state index in [0.29, 0.717) is 0 Å². The summed E-state index contributed by atoms with van der Waals surface area (Å²) in [6.07, 6.45) is 9.34. The summed E-state index contributed by atoms with van der Waals surface area (Å²) in [6, 6.07) is 0. The van der Waals surface area contributed by atoms with Gasteiger partial charge in [0, 0.05) is 18.8 Å². The molecule has 0 saturated carbocycles. The topological polar surface area (TPSA) is 126 Å². The molecule has 1 fully saturated rings. The lowest BCUT2D eigenvalue weighted by Crippen LogP contribution is -2.42. The Hall–Kier alpha value is -2.00. The van der Waals surface area contributed by atoms with Crippen molar-refractivity contribution < 1.29 is 39.1 Å². The number of aliphatic hydroxyl groups excluding tert-OH is 2. The lowest BCUT2D eigenvalue weighted by atomic mass is 9.88. The number of cyclic esters (lactones) is 1. The molecule has 0 aliphatic carbocycles. The van der Waals surface area contributed by atoms with Crippen molar-refractivity contribution in [3.63, 3.8) is 0 Å². The first-order valence-electron chi connectivity index (χ1n) is 13.5. The van der Waals surface area contributed by atoms with Crippen molar-refractivity contribution in [2.45, 2.75) is 122 Å². The zero-order valence-corrected chi connectivity index (χ0v) is 23.1. The summed E-state index contributed by atoms with van der Waals surface area (Å²) in [5.41, 5.74) is -0.574. The Labute approximate surface area is 221 Å². The van der Waals surface area contributed by atoms with Gasteiger partial charge < -0.3 is 29.5 Å². The minimum Gasteiger partial charge on any atom is -0.457 e. The highest BCUT2D eigenvalue weighted by molar-refractivity contribution is 5.70. The fraction of sp³-hybridized carbons (Fsp3) is 0.724. The normalized spacial score (nSPS) is 36.1. The first kappa shape index (κ1) is 31.2. The van der Waals surface area contributed by atoms with Crippen LogP contribution in [0.4, 0.5) is 0 Å². The standard InChI is InChI=1S/C29H46O8/c1-7-23(32)20(4)28-24(36-28)12-10-8-9-11-18(2)27-19(3)13-14-25(35-21(5)30)29(6,34)16-15-22(31)17-26(33)37-27/h8-9,11,13-14,19-20,22-25,27-28,31-32,34H,7,10,12,15-17H2,1-6H3/b9-8+,14-13-,18-11+. The zero-order chi connectivity index (χ0) is 27.8. The molecule has 2 heterocycles. The molecule has 3 N–H and O–H groups in total. The van der Waals surface area contributed by atoms with E-state index in [9.17, 15) is 24.9 Å². The molecule has 0 aromatic carbocycles. The predicted molar refractivity (Wildman–Crippen MR) is 140 cm³/mol. The molecule has 0 bridgehead atoms. The Kier molecular flexibility index (Phi) is 12.0. The van der Waals surface area contributed by atoms with Crippen LogP contribution < -0.4 is 0 Å². The molecule has 8 heteroatoms. The zero-order valence-electron chi connectivity index (χ0n) is 23.1. The predicted octanol–water partition coefficient (Wildman–Crippen LogP) is 3.78. The second kappa shape index (κ2) is 14.2. The number of allylic oxidation sites excluding steroid dienone is 3. The average Bonchev–Trinajstić information content (AvgIpc) is 3.61. The van der Waals surface area contributed by atoms with E-state index in [2.05, 4.69) is 0 Å². The van der Waals surface area contributed by atoms with Gasteiger partial charge in [-0.1, -0.05) is 45.1 Å². The van der Waals surface area contributed by atoms with Crippen LogP contribution in [-0.4, -0.2) is 69.5 Å². The third-order valence-electron chi connectivity index (χ3n) is 7.34. The van der Waals surface area contributed by atoms with Crippen LogP contribution in [0.3, 0.4) is 0 Å². The molecule has 9 unspecified atom stereocenters. The number of hydrogen-bond donors (Lipinski definition) is 3. The third-order valence-corrected chi connectivity index (χ3v) is 7.34. The summed E-state index contributed by atoms with van der Waals surface area (Å²) in [7, 11) is 0. The second-order valence-corrected chi connectivity index (χ2v) is 10.8. The maximum Gasteiger partial charge on any atom is 0.309 e. The highest BCUT2D eigenvalue weighted by atomic mass is 16.6. The van der Waals surface area contributed by atoms with Crippen LogP contribution in [0, 0.1) is 11.8 Å². The summed E-state index contributed by atoms with van der Waals surface area (Å²) >= 11 is 0. The van der Waals surface area contributed by atoms with Gasteiger partial charge in [-0.15, -0.1) is 0 Å². The highest BCUT2D eigenvalue weighted by Gasteiger charge is 2.44. The van der Waals surface area contributed by atoms with E-state index in [0.717, 1.165) is 24.8 Å². The molecule has 0 spiro atoms. The first-order valence-corrected chi connectivity index (χ1v) is 13.5. The van der Waals surface area contributed by atoms with Crippen molar-refractivity contribution in [2.24, 2.45) is 11.8 Å². The van der Waals surface area contributed by atoms with Crippen LogP contribution in [0.2, 0.25) is 0 Å². The van der Waals surface area contributed by atoms with Gasteiger partial charge in [0.05, 0.1) is 30.8 Å². The van der Waals surface area contributed by atoms with Crippen LogP contribution in [0.15, 0.2) is 36.0 Å². The Morgan fingerprint density at radius 1 is 1.32 bits per heavy atom. The van der Waals surface area contributed by atoms with E-state index in [1.165, 1.54) is 6.92 Å². The van der Waals surface area contributed by atoms with E-state index in [-0.39, 0.29) is 49.4 Å². The smallest absolute Gasteiger partial charge is 0.309 e. The van der Waals surface area contributed by atoms with Crippen LogP contribution in [-0.2, 0) is 23.8 Å². The van der Waals surface area contributed by atoms with Crippen molar-refractivity contribution in [2.75, 3.05) is 0 Å². The number of epoxide rings is 1. The van der Waals surface area contributed by atoms with E-state index in [1.807, 2.05) is 45.9 Å². The Bertz CT molecular complexity index is 845. The van der Waals surface area contributed by atoms with Crippen molar-refractivity contribution in [1.82, 2.24) is 0 Å². The molecule has 0 radical (unpaired) electrons. The summed E-state index contributed by atoms with van der Waals surface area (Å²) in [4.78, 5) is 24.2. The minimum atomic E-state index is -1.40. The van der Waals surface area contributed by atoms with Crippen LogP contribution in [0.1, 0.15) is 80.1 Å². The van der Waals surface area contributed by atoms with Crippen molar-refractivity contribution in [3.8, 4) is 0 Å². The lowest BCUT2D eigenvalue weighted by molar-refractivity contribution is -0.157. The third kappa shape index (κ3) is 10.0. The van der Waals surface area contributed by atoms with Crippen LogP contribution in [0.25, 0.3) is 0 Å². The van der Waals surface area contributed by atoms with E-state index < -0.39 is 35.9 Å². The number of ether oxygens (including phenoxy) is 3. The molecule has 0 aromatic heterocycles. The largest absolute Gasteiger partial charge is 0.457 e.